The lowest BCUT2D eigenvalue weighted by atomic mass is 9.91. The summed E-state index contributed by atoms with van der Waals surface area (Å²) in [6.45, 7) is 1.41. The van der Waals surface area contributed by atoms with E-state index in [0.717, 1.165) is 6.42 Å². The van der Waals surface area contributed by atoms with Crippen molar-refractivity contribution in [2.45, 2.75) is 32.0 Å². The lowest BCUT2D eigenvalue weighted by Crippen LogP contribution is -2.47. The van der Waals surface area contributed by atoms with Crippen LogP contribution in [0.25, 0.3) is 0 Å². The minimum Gasteiger partial charge on any atom is -0.351 e. The number of rotatable bonds is 1. The van der Waals surface area contributed by atoms with Crippen molar-refractivity contribution >= 4 is 5.91 Å². The molecular weight excluding hydrogens is 121 g/mol. The summed E-state index contributed by atoms with van der Waals surface area (Å²) in [4.78, 5) is 10.3. The molecule has 0 saturated heterocycles. The number of amides is 1. The van der Waals surface area contributed by atoms with Crippen molar-refractivity contribution in [2.75, 3.05) is 0 Å². The summed E-state index contributed by atoms with van der Waals surface area (Å²) in [5, 5.41) is 2.52. The molecule has 1 aliphatic carbocycles. The van der Waals surface area contributed by atoms with Crippen LogP contribution in [0.15, 0.2) is 0 Å². The van der Waals surface area contributed by atoms with Gasteiger partial charge in [-0.15, -0.1) is 0 Å². The molecular formula is C6H10FNO. The second-order valence-corrected chi connectivity index (χ2v) is 2.40. The molecule has 0 aromatic rings. The third kappa shape index (κ3) is 1.40. The fourth-order valence-corrected chi connectivity index (χ4v) is 0.883. The van der Waals surface area contributed by atoms with Gasteiger partial charge in [-0.2, -0.15) is 0 Å². The van der Waals surface area contributed by atoms with Gasteiger partial charge in [0.25, 0.3) is 0 Å². The Labute approximate surface area is 53.4 Å². The molecule has 1 fully saturated rings. The highest BCUT2D eigenvalue weighted by Crippen LogP contribution is 2.22. The number of alkyl halides is 1. The first-order valence-electron chi connectivity index (χ1n) is 3.11. The number of hydrogen-bond donors (Lipinski definition) is 1. The lowest BCUT2D eigenvalue weighted by Gasteiger charge is -2.30. The van der Waals surface area contributed by atoms with Crippen LogP contribution in [0, 0.1) is 0 Å². The van der Waals surface area contributed by atoms with Gasteiger partial charge in [-0.25, -0.2) is 4.39 Å². The molecule has 0 heterocycles. The van der Waals surface area contributed by atoms with E-state index in [1.807, 2.05) is 0 Å². The normalized spacial score (nSPS) is 33.1. The first-order valence-corrected chi connectivity index (χ1v) is 3.11. The van der Waals surface area contributed by atoms with Gasteiger partial charge in [-0.1, -0.05) is 0 Å². The molecule has 0 aliphatic heterocycles. The molecule has 2 nitrogen and oxygen atoms in total. The van der Waals surface area contributed by atoms with Crippen LogP contribution in [-0.4, -0.2) is 18.1 Å². The third-order valence-electron chi connectivity index (χ3n) is 1.58. The molecule has 3 heteroatoms. The average Bonchev–Trinajstić information content (AvgIpc) is 1.79. The van der Waals surface area contributed by atoms with Crippen molar-refractivity contribution in [3.63, 3.8) is 0 Å². The zero-order valence-corrected chi connectivity index (χ0v) is 5.36. The maximum Gasteiger partial charge on any atom is 0.217 e. The first kappa shape index (κ1) is 6.52. The minimum atomic E-state index is -0.797. The van der Waals surface area contributed by atoms with E-state index in [-0.39, 0.29) is 11.9 Å². The number of hydrogen-bond acceptors (Lipinski definition) is 1. The highest BCUT2D eigenvalue weighted by Gasteiger charge is 2.30. The summed E-state index contributed by atoms with van der Waals surface area (Å²) in [7, 11) is 0. The van der Waals surface area contributed by atoms with Gasteiger partial charge >= 0.3 is 0 Å². The summed E-state index contributed by atoms with van der Waals surface area (Å²) >= 11 is 0. The predicted octanol–water partition coefficient (Wildman–Crippen LogP) is 0.623. The molecule has 1 amide bonds. The van der Waals surface area contributed by atoms with Crippen LogP contribution in [0.1, 0.15) is 19.8 Å². The van der Waals surface area contributed by atoms with Gasteiger partial charge in [0, 0.05) is 6.92 Å². The molecule has 2 atom stereocenters. The topological polar surface area (TPSA) is 29.1 Å². The van der Waals surface area contributed by atoms with E-state index >= 15 is 0 Å². The smallest absolute Gasteiger partial charge is 0.217 e. The first-order chi connectivity index (χ1) is 4.20. The predicted molar refractivity (Wildman–Crippen MR) is 31.7 cm³/mol. The highest BCUT2D eigenvalue weighted by atomic mass is 19.1. The van der Waals surface area contributed by atoms with E-state index in [2.05, 4.69) is 5.32 Å². The fourth-order valence-electron chi connectivity index (χ4n) is 0.883. The molecule has 1 N–H and O–H groups in total. The molecule has 9 heavy (non-hydrogen) atoms. The molecule has 1 rings (SSSR count). The van der Waals surface area contributed by atoms with Crippen molar-refractivity contribution in [1.82, 2.24) is 5.32 Å². The number of carbonyl (C=O) groups excluding carboxylic acids is 1. The molecule has 2 unspecified atom stereocenters. The molecule has 0 radical (unpaired) electrons. The summed E-state index contributed by atoms with van der Waals surface area (Å²) < 4.78 is 12.3. The largest absolute Gasteiger partial charge is 0.351 e. The highest BCUT2D eigenvalue weighted by molar-refractivity contribution is 5.73. The van der Waals surface area contributed by atoms with Gasteiger partial charge in [0.2, 0.25) is 5.91 Å². The van der Waals surface area contributed by atoms with E-state index in [9.17, 15) is 9.18 Å². The molecule has 0 aromatic carbocycles. The van der Waals surface area contributed by atoms with Gasteiger partial charge in [-0.3, -0.25) is 4.79 Å². The molecule has 0 aromatic heterocycles. The van der Waals surface area contributed by atoms with Crippen LogP contribution >= 0.6 is 0 Å². The standard InChI is InChI=1S/C6H10FNO/c1-4(9)8-6-3-2-5(6)7/h5-6H,2-3H2,1H3,(H,8,9). The molecule has 0 spiro atoms. The van der Waals surface area contributed by atoms with Gasteiger partial charge in [-0.05, 0) is 12.8 Å². The fraction of sp³-hybridized carbons (Fsp3) is 0.833. The Bertz CT molecular complexity index is 126. The van der Waals surface area contributed by atoms with Crippen molar-refractivity contribution in [3.8, 4) is 0 Å². The van der Waals surface area contributed by atoms with Crippen molar-refractivity contribution in [2.24, 2.45) is 0 Å². The van der Waals surface area contributed by atoms with E-state index in [0.29, 0.717) is 6.42 Å². The van der Waals surface area contributed by atoms with Crippen LogP contribution in [0.3, 0.4) is 0 Å². The van der Waals surface area contributed by atoms with Gasteiger partial charge in [0.15, 0.2) is 0 Å². The summed E-state index contributed by atoms with van der Waals surface area (Å²) in [5.74, 6) is -0.137. The maximum atomic E-state index is 12.3. The zero-order chi connectivity index (χ0) is 6.85. The Morgan fingerprint density at radius 1 is 1.67 bits per heavy atom. The Kier molecular flexibility index (Phi) is 1.69. The monoisotopic (exact) mass is 131 g/mol. The average molecular weight is 131 g/mol. The van der Waals surface area contributed by atoms with Crippen molar-refractivity contribution in [1.29, 1.82) is 0 Å². The summed E-state index contributed by atoms with van der Waals surface area (Å²) in [5.41, 5.74) is 0. The summed E-state index contributed by atoms with van der Waals surface area (Å²) in [6.07, 6.45) is 0.597. The maximum absolute atomic E-state index is 12.3. The number of halogens is 1. The molecule has 0 bridgehead atoms. The van der Waals surface area contributed by atoms with Crippen molar-refractivity contribution < 1.29 is 9.18 Å². The number of carbonyl (C=O) groups is 1. The van der Waals surface area contributed by atoms with Crippen LogP contribution in [0.5, 0.6) is 0 Å². The van der Waals surface area contributed by atoms with Crippen LogP contribution in [0.2, 0.25) is 0 Å². The number of nitrogens with one attached hydrogen (secondary N) is 1. The SMILES string of the molecule is CC(=O)NC1CCC1F. The van der Waals surface area contributed by atoms with Gasteiger partial charge in [0.1, 0.15) is 6.17 Å². The second-order valence-electron chi connectivity index (χ2n) is 2.40. The molecule has 1 aliphatic rings. The van der Waals surface area contributed by atoms with Crippen molar-refractivity contribution in [3.05, 3.63) is 0 Å². The van der Waals surface area contributed by atoms with E-state index in [1.54, 1.807) is 0 Å². The van der Waals surface area contributed by atoms with Crippen LogP contribution in [0.4, 0.5) is 4.39 Å². The molecule has 52 valence electrons. The van der Waals surface area contributed by atoms with E-state index in [4.69, 9.17) is 0 Å². The lowest BCUT2D eigenvalue weighted by molar-refractivity contribution is -0.121. The Morgan fingerprint density at radius 2 is 2.33 bits per heavy atom. The Hall–Kier alpha value is -0.600. The Morgan fingerprint density at radius 3 is 2.44 bits per heavy atom. The van der Waals surface area contributed by atoms with Crippen LogP contribution in [-0.2, 0) is 4.79 Å². The third-order valence-corrected chi connectivity index (χ3v) is 1.58. The minimum absolute atomic E-state index is 0.137. The van der Waals surface area contributed by atoms with Gasteiger partial charge in [0.05, 0.1) is 6.04 Å². The Balaban J connectivity index is 2.21. The second kappa shape index (κ2) is 2.33. The summed E-state index contributed by atoms with van der Waals surface area (Å²) in [6, 6.07) is -0.192. The molecule has 1 saturated carbocycles. The van der Waals surface area contributed by atoms with E-state index in [1.165, 1.54) is 6.92 Å². The van der Waals surface area contributed by atoms with Gasteiger partial charge < -0.3 is 5.32 Å². The van der Waals surface area contributed by atoms with E-state index < -0.39 is 6.17 Å². The van der Waals surface area contributed by atoms with Crippen LogP contribution < -0.4 is 5.32 Å². The zero-order valence-electron chi connectivity index (χ0n) is 5.36. The quantitative estimate of drug-likeness (QED) is 0.555.